The van der Waals surface area contributed by atoms with Crippen LogP contribution in [0, 0.1) is 0 Å². The predicted molar refractivity (Wildman–Crippen MR) is 58.5 cm³/mol. The topological polar surface area (TPSA) is 37.3 Å². The van der Waals surface area contributed by atoms with Crippen molar-refractivity contribution in [1.29, 1.82) is 0 Å². The minimum Gasteiger partial charge on any atom is -0.480 e. The molecule has 0 amide bonds. The smallest absolute Gasteiger partial charge is 0.317 e. The van der Waals surface area contributed by atoms with Crippen molar-refractivity contribution in [3.8, 4) is 0 Å². The Bertz CT molecular complexity index is 308. The highest BCUT2D eigenvalue weighted by atomic mass is 32.2. The van der Waals surface area contributed by atoms with Gasteiger partial charge in [0.1, 0.15) is 5.25 Å². The zero-order valence-corrected chi connectivity index (χ0v) is 8.54. The molecule has 3 heteroatoms. The Labute approximate surface area is 87.6 Å². The van der Waals surface area contributed by atoms with Crippen molar-refractivity contribution in [2.75, 3.05) is 0 Å². The number of hydrogen-bond acceptors (Lipinski definition) is 2. The van der Waals surface area contributed by atoms with Crippen molar-refractivity contribution in [2.24, 2.45) is 0 Å². The molecule has 1 rings (SSSR count). The fraction of sp³-hybridized carbons (Fsp3) is 0.182. The maximum Gasteiger partial charge on any atom is 0.317 e. The molecule has 1 atom stereocenters. The summed E-state index contributed by atoms with van der Waals surface area (Å²) in [6.45, 7) is 3.55. The average Bonchev–Trinajstić information content (AvgIpc) is 2.18. The van der Waals surface area contributed by atoms with Crippen LogP contribution in [0.25, 0.3) is 0 Å². The Kier molecular flexibility index (Phi) is 4.26. The maximum absolute atomic E-state index is 10.8. The summed E-state index contributed by atoms with van der Waals surface area (Å²) in [7, 11) is 0. The molecule has 14 heavy (non-hydrogen) atoms. The number of aliphatic carboxylic acids is 1. The first-order chi connectivity index (χ1) is 6.74. The third-order valence-corrected chi connectivity index (χ3v) is 2.90. The zero-order valence-electron chi connectivity index (χ0n) is 7.72. The maximum atomic E-state index is 10.8. The summed E-state index contributed by atoms with van der Waals surface area (Å²) >= 11 is 1.35. The Morgan fingerprint density at radius 3 is 2.64 bits per heavy atom. The van der Waals surface area contributed by atoms with Crippen molar-refractivity contribution in [2.45, 2.75) is 16.6 Å². The SMILES string of the molecule is C=CCC(Sc1ccccc1)C(=O)O. The molecule has 0 heterocycles. The first-order valence-corrected chi connectivity index (χ1v) is 5.17. The van der Waals surface area contributed by atoms with Crippen LogP contribution < -0.4 is 0 Å². The number of allylic oxidation sites excluding steroid dienone is 1. The summed E-state index contributed by atoms with van der Waals surface area (Å²) in [4.78, 5) is 11.8. The molecule has 1 aromatic carbocycles. The molecule has 0 aliphatic carbocycles. The van der Waals surface area contributed by atoms with Gasteiger partial charge in [0.15, 0.2) is 0 Å². The van der Waals surface area contributed by atoms with E-state index in [0.29, 0.717) is 6.42 Å². The third-order valence-electron chi connectivity index (χ3n) is 1.68. The molecule has 0 spiro atoms. The molecule has 0 saturated heterocycles. The molecule has 0 radical (unpaired) electrons. The van der Waals surface area contributed by atoms with Crippen molar-refractivity contribution < 1.29 is 9.90 Å². The first-order valence-electron chi connectivity index (χ1n) is 4.29. The zero-order chi connectivity index (χ0) is 10.4. The Balaban J connectivity index is 2.64. The molecule has 0 aromatic heterocycles. The highest BCUT2D eigenvalue weighted by molar-refractivity contribution is 8.00. The standard InChI is InChI=1S/C11H12O2S/c1-2-6-10(11(12)13)14-9-7-4-3-5-8-9/h2-5,7-8,10H,1,6H2,(H,12,13). The van der Waals surface area contributed by atoms with E-state index in [1.54, 1.807) is 6.08 Å². The predicted octanol–water partition coefficient (Wildman–Crippen LogP) is 2.81. The van der Waals surface area contributed by atoms with Gasteiger partial charge in [0.05, 0.1) is 0 Å². The van der Waals surface area contributed by atoms with E-state index in [4.69, 9.17) is 5.11 Å². The van der Waals surface area contributed by atoms with Crippen LogP contribution in [-0.4, -0.2) is 16.3 Å². The van der Waals surface area contributed by atoms with Crippen LogP contribution in [0.5, 0.6) is 0 Å². The molecule has 0 fully saturated rings. The molecular weight excluding hydrogens is 196 g/mol. The number of carbonyl (C=O) groups is 1. The van der Waals surface area contributed by atoms with Gasteiger partial charge in [0.2, 0.25) is 0 Å². The fourth-order valence-corrected chi connectivity index (χ4v) is 1.99. The van der Waals surface area contributed by atoms with Crippen LogP contribution in [0.15, 0.2) is 47.9 Å². The van der Waals surface area contributed by atoms with Gasteiger partial charge in [0, 0.05) is 4.90 Å². The summed E-state index contributed by atoms with van der Waals surface area (Å²) in [5.74, 6) is -0.793. The van der Waals surface area contributed by atoms with Crippen LogP contribution in [0.1, 0.15) is 6.42 Å². The second-order valence-corrected chi connectivity index (χ2v) is 4.06. The molecule has 74 valence electrons. The largest absolute Gasteiger partial charge is 0.480 e. The molecule has 0 bridgehead atoms. The van der Waals surface area contributed by atoms with Gasteiger partial charge in [-0.2, -0.15) is 0 Å². The highest BCUT2D eigenvalue weighted by Crippen LogP contribution is 2.25. The molecule has 1 N–H and O–H groups in total. The number of benzene rings is 1. The summed E-state index contributed by atoms with van der Waals surface area (Å²) < 4.78 is 0. The van der Waals surface area contributed by atoms with E-state index in [1.807, 2.05) is 30.3 Å². The first kappa shape index (κ1) is 10.9. The molecule has 1 unspecified atom stereocenters. The second kappa shape index (κ2) is 5.50. The van der Waals surface area contributed by atoms with E-state index >= 15 is 0 Å². The van der Waals surface area contributed by atoms with Crippen LogP contribution in [0.3, 0.4) is 0 Å². The molecular formula is C11H12O2S. The van der Waals surface area contributed by atoms with Gasteiger partial charge in [-0.3, -0.25) is 4.79 Å². The highest BCUT2D eigenvalue weighted by Gasteiger charge is 2.16. The summed E-state index contributed by atoms with van der Waals surface area (Å²) in [5, 5.41) is 8.46. The molecule has 1 aromatic rings. The lowest BCUT2D eigenvalue weighted by atomic mass is 10.3. The Morgan fingerprint density at radius 1 is 1.50 bits per heavy atom. The Morgan fingerprint density at radius 2 is 2.14 bits per heavy atom. The average molecular weight is 208 g/mol. The second-order valence-electron chi connectivity index (χ2n) is 2.78. The van der Waals surface area contributed by atoms with Crippen molar-refractivity contribution in [1.82, 2.24) is 0 Å². The van der Waals surface area contributed by atoms with E-state index in [9.17, 15) is 4.79 Å². The minimum absolute atomic E-state index is 0.435. The minimum atomic E-state index is -0.793. The van der Waals surface area contributed by atoms with E-state index in [-0.39, 0.29) is 0 Å². The van der Waals surface area contributed by atoms with Crippen LogP contribution in [0.4, 0.5) is 0 Å². The number of hydrogen-bond donors (Lipinski definition) is 1. The van der Waals surface area contributed by atoms with E-state index < -0.39 is 11.2 Å². The molecule has 0 aliphatic rings. The van der Waals surface area contributed by atoms with Gasteiger partial charge in [-0.1, -0.05) is 24.3 Å². The van der Waals surface area contributed by atoms with Crippen molar-refractivity contribution in [3.05, 3.63) is 43.0 Å². The lowest BCUT2D eigenvalue weighted by Crippen LogP contribution is -2.14. The summed E-state index contributed by atoms with van der Waals surface area (Å²) in [6, 6.07) is 9.52. The van der Waals surface area contributed by atoms with Gasteiger partial charge in [-0.25, -0.2) is 0 Å². The fourth-order valence-electron chi connectivity index (χ4n) is 1.01. The number of rotatable bonds is 5. The number of thioether (sulfide) groups is 1. The monoisotopic (exact) mass is 208 g/mol. The van der Waals surface area contributed by atoms with Gasteiger partial charge in [-0.05, 0) is 18.6 Å². The molecule has 2 nitrogen and oxygen atoms in total. The van der Waals surface area contributed by atoms with E-state index in [0.717, 1.165) is 4.90 Å². The lowest BCUT2D eigenvalue weighted by Gasteiger charge is -2.08. The van der Waals surface area contributed by atoms with Crippen LogP contribution in [-0.2, 0) is 4.79 Å². The van der Waals surface area contributed by atoms with Crippen molar-refractivity contribution in [3.63, 3.8) is 0 Å². The quantitative estimate of drug-likeness (QED) is 0.597. The summed E-state index contributed by atoms with van der Waals surface area (Å²) in [6.07, 6.45) is 2.11. The summed E-state index contributed by atoms with van der Waals surface area (Å²) in [5.41, 5.74) is 0. The molecule has 0 saturated carbocycles. The number of carboxylic acids is 1. The lowest BCUT2D eigenvalue weighted by molar-refractivity contribution is -0.136. The van der Waals surface area contributed by atoms with Crippen LogP contribution >= 0.6 is 11.8 Å². The van der Waals surface area contributed by atoms with Gasteiger partial charge in [0.25, 0.3) is 0 Å². The molecule has 0 aliphatic heterocycles. The van der Waals surface area contributed by atoms with Crippen LogP contribution in [0.2, 0.25) is 0 Å². The van der Waals surface area contributed by atoms with Gasteiger partial charge >= 0.3 is 5.97 Å². The normalized spacial score (nSPS) is 12.0. The van der Waals surface area contributed by atoms with Gasteiger partial charge in [-0.15, -0.1) is 18.3 Å². The van der Waals surface area contributed by atoms with Crippen molar-refractivity contribution >= 4 is 17.7 Å². The third kappa shape index (κ3) is 3.26. The van der Waals surface area contributed by atoms with Gasteiger partial charge < -0.3 is 5.11 Å². The van der Waals surface area contributed by atoms with E-state index in [1.165, 1.54) is 11.8 Å². The number of carboxylic acid groups (broad SMARTS) is 1. The Hall–Kier alpha value is -1.22. The van der Waals surface area contributed by atoms with E-state index in [2.05, 4.69) is 6.58 Å².